The maximum absolute atomic E-state index is 5.76. The predicted octanol–water partition coefficient (Wildman–Crippen LogP) is 0.226. The Morgan fingerprint density at radius 1 is 1.70 bits per heavy atom. The molecule has 0 aliphatic heterocycles. The van der Waals surface area contributed by atoms with Crippen LogP contribution >= 0.6 is 0 Å². The molecule has 0 fully saturated rings. The highest BCUT2D eigenvalue weighted by Crippen LogP contribution is 2.15. The van der Waals surface area contributed by atoms with E-state index in [0.717, 1.165) is 19.3 Å². The Balaban J connectivity index is 2.30. The minimum Gasteiger partial charge on any atom is -0.348 e. The van der Waals surface area contributed by atoms with Crippen molar-refractivity contribution < 1.29 is 0 Å². The van der Waals surface area contributed by atoms with E-state index in [1.807, 2.05) is 0 Å². The first-order valence-corrected chi connectivity index (χ1v) is 3.63. The normalized spacial score (nSPS) is 24.3. The monoisotopic (exact) mass is 137 g/mol. The van der Waals surface area contributed by atoms with Gasteiger partial charge in [-0.05, 0) is 12.8 Å². The molecule has 10 heavy (non-hydrogen) atoms. The molecule has 1 aromatic rings. The molecule has 1 heterocycles. The van der Waals surface area contributed by atoms with Crippen molar-refractivity contribution >= 4 is 0 Å². The van der Waals surface area contributed by atoms with Gasteiger partial charge in [-0.25, -0.2) is 4.98 Å². The van der Waals surface area contributed by atoms with Crippen molar-refractivity contribution in [2.45, 2.75) is 25.3 Å². The van der Waals surface area contributed by atoms with Crippen LogP contribution in [0.2, 0.25) is 0 Å². The third-order valence-electron chi connectivity index (χ3n) is 2.03. The Kier molecular flexibility index (Phi) is 1.24. The number of hydrogen-bond donors (Lipinski definition) is 2. The van der Waals surface area contributed by atoms with Gasteiger partial charge in [-0.1, -0.05) is 0 Å². The summed E-state index contributed by atoms with van der Waals surface area (Å²) < 4.78 is 0. The molecule has 0 saturated heterocycles. The first-order chi connectivity index (χ1) is 4.86. The Morgan fingerprint density at radius 2 is 2.60 bits per heavy atom. The number of fused-ring (bicyclic) bond motifs is 1. The molecule has 1 aliphatic carbocycles. The van der Waals surface area contributed by atoms with Crippen molar-refractivity contribution in [3.63, 3.8) is 0 Å². The van der Waals surface area contributed by atoms with Crippen LogP contribution in [0.3, 0.4) is 0 Å². The highest BCUT2D eigenvalue weighted by molar-refractivity contribution is 5.16. The van der Waals surface area contributed by atoms with Gasteiger partial charge in [0.2, 0.25) is 0 Å². The topological polar surface area (TPSA) is 54.7 Å². The fourth-order valence-corrected chi connectivity index (χ4v) is 1.43. The Hall–Kier alpha value is -0.830. The fourth-order valence-electron chi connectivity index (χ4n) is 1.43. The second-order valence-electron chi connectivity index (χ2n) is 2.83. The van der Waals surface area contributed by atoms with Gasteiger partial charge in [0.15, 0.2) is 0 Å². The molecule has 0 bridgehead atoms. The molecule has 54 valence electrons. The van der Waals surface area contributed by atoms with Gasteiger partial charge < -0.3 is 10.7 Å². The van der Waals surface area contributed by atoms with E-state index in [2.05, 4.69) is 9.97 Å². The highest BCUT2D eigenvalue weighted by Gasteiger charge is 2.16. The lowest BCUT2D eigenvalue weighted by atomic mass is 9.97. The summed E-state index contributed by atoms with van der Waals surface area (Å²) in [5.74, 6) is 0. The number of rotatable bonds is 0. The lowest BCUT2D eigenvalue weighted by Gasteiger charge is -2.16. The van der Waals surface area contributed by atoms with Gasteiger partial charge in [0.25, 0.3) is 0 Å². The molecule has 3 N–H and O–H groups in total. The Labute approximate surface area is 59.7 Å². The molecule has 3 nitrogen and oxygen atoms in total. The summed E-state index contributed by atoms with van der Waals surface area (Å²) in [4.78, 5) is 7.28. The van der Waals surface area contributed by atoms with Crippen LogP contribution in [-0.2, 0) is 12.8 Å². The van der Waals surface area contributed by atoms with Gasteiger partial charge in [-0.3, -0.25) is 0 Å². The molecule has 3 heteroatoms. The zero-order valence-corrected chi connectivity index (χ0v) is 5.80. The largest absolute Gasteiger partial charge is 0.348 e. The van der Waals surface area contributed by atoms with E-state index in [-0.39, 0.29) is 0 Å². The van der Waals surface area contributed by atoms with Crippen molar-refractivity contribution in [3.05, 3.63) is 17.7 Å². The van der Waals surface area contributed by atoms with Crippen LogP contribution in [0.5, 0.6) is 0 Å². The number of aromatic nitrogens is 2. The smallest absolute Gasteiger partial charge is 0.0925 e. The van der Waals surface area contributed by atoms with Crippen molar-refractivity contribution in [1.82, 2.24) is 9.97 Å². The average Bonchev–Trinajstić information content (AvgIpc) is 2.33. The average molecular weight is 137 g/mol. The lowest BCUT2D eigenvalue weighted by Crippen LogP contribution is -2.27. The second kappa shape index (κ2) is 2.09. The summed E-state index contributed by atoms with van der Waals surface area (Å²) in [6, 6.07) is 0.341. The minimum absolute atomic E-state index is 0.341. The summed E-state index contributed by atoms with van der Waals surface area (Å²) >= 11 is 0. The molecule has 2 rings (SSSR count). The van der Waals surface area contributed by atoms with Crippen molar-refractivity contribution in [2.24, 2.45) is 5.73 Å². The predicted molar refractivity (Wildman–Crippen MR) is 38.6 cm³/mol. The highest BCUT2D eigenvalue weighted by atomic mass is 14.9. The lowest BCUT2D eigenvalue weighted by molar-refractivity contribution is 0.565. The molecule has 1 aromatic heterocycles. The summed E-state index contributed by atoms with van der Waals surface area (Å²) in [7, 11) is 0. The number of nitrogens with one attached hydrogen (secondary N) is 1. The number of nitrogens with two attached hydrogens (primary N) is 1. The minimum atomic E-state index is 0.341. The standard InChI is InChI=1S/C7H11N3/c8-5-1-2-6-7(3-5)10-4-9-6/h4-5H,1-3,8H2,(H,9,10)/t5-/m1/s1. The van der Waals surface area contributed by atoms with Crippen LogP contribution in [0.15, 0.2) is 6.33 Å². The van der Waals surface area contributed by atoms with Crippen molar-refractivity contribution in [3.8, 4) is 0 Å². The molecule has 1 aliphatic rings. The SMILES string of the molecule is N[C@@H]1CCc2nc[nH]c2C1. The quantitative estimate of drug-likeness (QED) is 0.537. The zero-order chi connectivity index (χ0) is 6.97. The molecule has 0 unspecified atom stereocenters. The fraction of sp³-hybridized carbons (Fsp3) is 0.571. The zero-order valence-electron chi connectivity index (χ0n) is 5.80. The Morgan fingerprint density at radius 3 is 3.50 bits per heavy atom. The van der Waals surface area contributed by atoms with E-state index in [1.54, 1.807) is 6.33 Å². The third kappa shape index (κ3) is 0.827. The molecule has 1 atom stereocenters. The first kappa shape index (κ1) is 5.92. The van der Waals surface area contributed by atoms with Crippen LogP contribution in [-0.4, -0.2) is 16.0 Å². The van der Waals surface area contributed by atoms with E-state index in [0.29, 0.717) is 6.04 Å². The summed E-state index contributed by atoms with van der Waals surface area (Å²) in [5.41, 5.74) is 8.21. The first-order valence-electron chi connectivity index (χ1n) is 3.63. The molecule has 0 radical (unpaired) electrons. The number of hydrogen-bond acceptors (Lipinski definition) is 2. The van der Waals surface area contributed by atoms with Gasteiger partial charge in [-0.2, -0.15) is 0 Å². The second-order valence-corrected chi connectivity index (χ2v) is 2.83. The van der Waals surface area contributed by atoms with Gasteiger partial charge in [0.05, 0.1) is 12.0 Å². The molecule has 0 amide bonds. The van der Waals surface area contributed by atoms with Crippen LogP contribution < -0.4 is 5.73 Å². The van der Waals surface area contributed by atoms with E-state index < -0.39 is 0 Å². The summed E-state index contributed by atoms with van der Waals surface area (Å²) in [6.07, 6.45) is 4.84. The number of H-pyrrole nitrogens is 1. The molecular weight excluding hydrogens is 126 g/mol. The van der Waals surface area contributed by atoms with E-state index in [1.165, 1.54) is 11.4 Å². The molecule has 0 aromatic carbocycles. The van der Waals surface area contributed by atoms with Crippen molar-refractivity contribution in [1.29, 1.82) is 0 Å². The van der Waals surface area contributed by atoms with Gasteiger partial charge in [-0.15, -0.1) is 0 Å². The van der Waals surface area contributed by atoms with E-state index in [4.69, 9.17) is 5.73 Å². The Bertz CT molecular complexity index is 229. The number of aryl methyl sites for hydroxylation is 1. The van der Waals surface area contributed by atoms with E-state index >= 15 is 0 Å². The van der Waals surface area contributed by atoms with Gasteiger partial charge >= 0.3 is 0 Å². The number of aromatic amines is 1. The number of nitrogens with zero attached hydrogens (tertiary/aromatic N) is 1. The molecule has 0 saturated carbocycles. The molecule has 0 spiro atoms. The maximum Gasteiger partial charge on any atom is 0.0925 e. The van der Waals surface area contributed by atoms with Gasteiger partial charge in [0.1, 0.15) is 0 Å². The maximum atomic E-state index is 5.76. The van der Waals surface area contributed by atoms with Crippen LogP contribution in [0, 0.1) is 0 Å². The van der Waals surface area contributed by atoms with Gasteiger partial charge in [0, 0.05) is 18.2 Å². The van der Waals surface area contributed by atoms with Crippen LogP contribution in [0.25, 0.3) is 0 Å². The summed E-state index contributed by atoms with van der Waals surface area (Å²) in [5, 5.41) is 0. The van der Waals surface area contributed by atoms with Crippen molar-refractivity contribution in [2.75, 3.05) is 0 Å². The third-order valence-corrected chi connectivity index (χ3v) is 2.03. The molecular formula is C7H11N3. The number of imidazole rings is 1. The van der Waals surface area contributed by atoms with Crippen LogP contribution in [0.1, 0.15) is 17.8 Å². The van der Waals surface area contributed by atoms with E-state index in [9.17, 15) is 0 Å². The van der Waals surface area contributed by atoms with Crippen LogP contribution in [0.4, 0.5) is 0 Å². The summed E-state index contributed by atoms with van der Waals surface area (Å²) in [6.45, 7) is 0.